The zero-order chi connectivity index (χ0) is 35.6. The van der Waals surface area contributed by atoms with Crippen molar-refractivity contribution in [3.05, 3.63) is 206 Å². The molecular formula is C52H34N2. The van der Waals surface area contributed by atoms with Crippen molar-refractivity contribution in [1.82, 2.24) is 9.13 Å². The van der Waals surface area contributed by atoms with E-state index in [0.29, 0.717) is 0 Å². The van der Waals surface area contributed by atoms with Gasteiger partial charge >= 0.3 is 0 Å². The standard InChI is InChI=1S/C52H34N2/c1-4-14-35(15-5-1)39-30-40(36-16-6-2-7-17-36)32-41(31-39)37-24-27-43(28-25-37)53-49-22-12-11-21-45(49)48-33-38-26-29-46-44-20-10-13-23-50(44)54(42-18-8-3-9-19-42)52(46)47(38)34-51(48)53/h1-34H. The van der Waals surface area contributed by atoms with Crippen molar-refractivity contribution in [1.29, 1.82) is 0 Å². The molecule has 252 valence electrons. The van der Waals surface area contributed by atoms with Gasteiger partial charge in [-0.1, -0.05) is 140 Å². The minimum Gasteiger partial charge on any atom is -0.309 e. The minimum absolute atomic E-state index is 1.14. The predicted octanol–water partition coefficient (Wildman–Crippen LogP) is 14.0. The van der Waals surface area contributed by atoms with Gasteiger partial charge in [-0.3, -0.25) is 0 Å². The van der Waals surface area contributed by atoms with Crippen molar-refractivity contribution in [3.63, 3.8) is 0 Å². The molecule has 9 aromatic carbocycles. The van der Waals surface area contributed by atoms with Crippen LogP contribution < -0.4 is 0 Å². The van der Waals surface area contributed by atoms with E-state index in [4.69, 9.17) is 0 Å². The van der Waals surface area contributed by atoms with E-state index >= 15 is 0 Å². The molecule has 2 heteroatoms. The third-order valence-corrected chi connectivity index (χ3v) is 11.1. The average molecular weight is 687 g/mol. The molecule has 0 fully saturated rings. The summed E-state index contributed by atoms with van der Waals surface area (Å²) in [6.07, 6.45) is 0. The van der Waals surface area contributed by atoms with Crippen LogP contribution in [0.1, 0.15) is 0 Å². The Balaban J connectivity index is 1.12. The molecule has 0 saturated carbocycles. The molecule has 0 bridgehead atoms. The lowest BCUT2D eigenvalue weighted by atomic mass is 9.93. The number of aromatic nitrogens is 2. The van der Waals surface area contributed by atoms with Crippen molar-refractivity contribution in [3.8, 4) is 44.8 Å². The van der Waals surface area contributed by atoms with Crippen LogP contribution in [0.3, 0.4) is 0 Å². The summed E-state index contributed by atoms with van der Waals surface area (Å²) in [7, 11) is 0. The Morgan fingerprint density at radius 2 is 0.722 bits per heavy atom. The molecule has 0 saturated heterocycles. The average Bonchev–Trinajstić information content (AvgIpc) is 3.76. The van der Waals surface area contributed by atoms with Crippen LogP contribution in [-0.4, -0.2) is 9.13 Å². The Kier molecular flexibility index (Phi) is 6.90. The molecule has 2 heterocycles. The maximum Gasteiger partial charge on any atom is 0.0620 e. The molecule has 0 aliphatic carbocycles. The van der Waals surface area contributed by atoms with Crippen molar-refractivity contribution in [2.24, 2.45) is 0 Å². The first-order valence-electron chi connectivity index (χ1n) is 18.6. The molecule has 2 nitrogen and oxygen atoms in total. The van der Waals surface area contributed by atoms with Gasteiger partial charge in [0.1, 0.15) is 0 Å². The van der Waals surface area contributed by atoms with Crippen molar-refractivity contribution in [2.45, 2.75) is 0 Å². The third kappa shape index (κ3) is 4.81. The van der Waals surface area contributed by atoms with Crippen LogP contribution in [-0.2, 0) is 0 Å². The van der Waals surface area contributed by atoms with E-state index in [1.165, 1.54) is 93.5 Å². The van der Waals surface area contributed by atoms with Gasteiger partial charge in [-0.15, -0.1) is 0 Å². The van der Waals surface area contributed by atoms with E-state index in [2.05, 4.69) is 215 Å². The van der Waals surface area contributed by atoms with Crippen molar-refractivity contribution >= 4 is 54.4 Å². The Labute approximate surface area is 313 Å². The summed E-state index contributed by atoms with van der Waals surface area (Å²) in [5.41, 5.74) is 14.4. The van der Waals surface area contributed by atoms with Crippen LogP contribution in [0.4, 0.5) is 0 Å². The number of nitrogens with zero attached hydrogens (tertiary/aromatic N) is 2. The predicted molar refractivity (Wildman–Crippen MR) is 229 cm³/mol. The summed E-state index contributed by atoms with van der Waals surface area (Å²) in [4.78, 5) is 0. The lowest BCUT2D eigenvalue weighted by Gasteiger charge is -2.13. The molecule has 11 rings (SSSR count). The smallest absolute Gasteiger partial charge is 0.0620 e. The van der Waals surface area contributed by atoms with Gasteiger partial charge in [0.05, 0.1) is 22.1 Å². The minimum atomic E-state index is 1.14. The summed E-state index contributed by atoms with van der Waals surface area (Å²) in [5, 5.41) is 7.52. The second kappa shape index (κ2) is 12.2. The largest absolute Gasteiger partial charge is 0.309 e. The van der Waals surface area contributed by atoms with Gasteiger partial charge in [-0.25, -0.2) is 0 Å². The molecule has 54 heavy (non-hydrogen) atoms. The topological polar surface area (TPSA) is 9.86 Å². The summed E-state index contributed by atoms with van der Waals surface area (Å²) in [6, 6.07) is 75.2. The van der Waals surface area contributed by atoms with Gasteiger partial charge in [0.25, 0.3) is 0 Å². The van der Waals surface area contributed by atoms with E-state index in [9.17, 15) is 0 Å². The quantitative estimate of drug-likeness (QED) is 0.171. The highest BCUT2D eigenvalue weighted by molar-refractivity contribution is 6.22. The molecule has 0 aliphatic rings. The van der Waals surface area contributed by atoms with E-state index in [-0.39, 0.29) is 0 Å². The fourth-order valence-corrected chi connectivity index (χ4v) is 8.56. The van der Waals surface area contributed by atoms with Gasteiger partial charge in [-0.2, -0.15) is 0 Å². The van der Waals surface area contributed by atoms with E-state index in [1.54, 1.807) is 0 Å². The Hall–Kier alpha value is -7.16. The fraction of sp³-hybridized carbons (Fsp3) is 0. The lowest BCUT2D eigenvalue weighted by Crippen LogP contribution is -1.95. The summed E-state index contributed by atoms with van der Waals surface area (Å²) < 4.78 is 4.88. The fourth-order valence-electron chi connectivity index (χ4n) is 8.56. The van der Waals surface area contributed by atoms with E-state index < -0.39 is 0 Å². The number of para-hydroxylation sites is 3. The van der Waals surface area contributed by atoms with Gasteiger partial charge in [0.2, 0.25) is 0 Å². The Morgan fingerprint density at radius 1 is 0.241 bits per heavy atom. The number of rotatable bonds is 5. The highest BCUT2D eigenvalue weighted by Crippen LogP contribution is 2.41. The maximum absolute atomic E-state index is 2.44. The van der Waals surface area contributed by atoms with Gasteiger partial charge in [0.15, 0.2) is 0 Å². The van der Waals surface area contributed by atoms with Gasteiger partial charge in [0, 0.05) is 38.3 Å². The van der Waals surface area contributed by atoms with E-state index in [1.807, 2.05) is 0 Å². The van der Waals surface area contributed by atoms with Crippen LogP contribution in [0, 0.1) is 0 Å². The number of hydrogen-bond acceptors (Lipinski definition) is 0. The number of fused-ring (bicyclic) bond motifs is 8. The highest BCUT2D eigenvalue weighted by atomic mass is 15.0. The van der Waals surface area contributed by atoms with Crippen LogP contribution in [0.25, 0.3) is 99.1 Å². The molecule has 11 aromatic rings. The lowest BCUT2D eigenvalue weighted by molar-refractivity contribution is 1.18. The molecule has 0 spiro atoms. The monoisotopic (exact) mass is 686 g/mol. The summed E-state index contributed by atoms with van der Waals surface area (Å²) in [5.74, 6) is 0. The zero-order valence-electron chi connectivity index (χ0n) is 29.5. The van der Waals surface area contributed by atoms with Crippen LogP contribution in [0.2, 0.25) is 0 Å². The molecule has 0 radical (unpaired) electrons. The van der Waals surface area contributed by atoms with Crippen LogP contribution >= 0.6 is 0 Å². The number of benzene rings is 9. The maximum atomic E-state index is 2.44. The second-order valence-electron chi connectivity index (χ2n) is 14.2. The van der Waals surface area contributed by atoms with Gasteiger partial charge in [-0.05, 0) is 105 Å². The highest BCUT2D eigenvalue weighted by Gasteiger charge is 2.19. The van der Waals surface area contributed by atoms with Gasteiger partial charge < -0.3 is 9.13 Å². The summed E-state index contributed by atoms with van der Waals surface area (Å²) in [6.45, 7) is 0. The van der Waals surface area contributed by atoms with E-state index in [0.717, 1.165) is 5.69 Å². The molecule has 0 N–H and O–H groups in total. The number of hydrogen-bond donors (Lipinski definition) is 0. The second-order valence-corrected chi connectivity index (χ2v) is 14.2. The molecule has 0 aliphatic heterocycles. The normalized spacial score (nSPS) is 11.7. The van der Waals surface area contributed by atoms with Crippen LogP contribution in [0.15, 0.2) is 206 Å². The first-order valence-corrected chi connectivity index (χ1v) is 18.6. The van der Waals surface area contributed by atoms with Crippen molar-refractivity contribution in [2.75, 3.05) is 0 Å². The molecule has 0 atom stereocenters. The first-order chi connectivity index (χ1) is 26.8. The Morgan fingerprint density at radius 3 is 1.33 bits per heavy atom. The third-order valence-electron chi connectivity index (χ3n) is 11.1. The molecule has 0 unspecified atom stereocenters. The first kappa shape index (κ1) is 30.5. The Bertz CT molecular complexity index is 3110. The molecule has 2 aromatic heterocycles. The van der Waals surface area contributed by atoms with Crippen LogP contribution in [0.5, 0.6) is 0 Å². The SMILES string of the molecule is c1ccc(-c2cc(-c3ccccc3)cc(-c3ccc(-n4c5ccccc5c5cc6ccc7c8ccccc8n(-c8ccccc8)c7c6cc54)cc3)c2)cc1. The molecule has 0 amide bonds. The summed E-state index contributed by atoms with van der Waals surface area (Å²) >= 11 is 0. The van der Waals surface area contributed by atoms with Crippen molar-refractivity contribution < 1.29 is 0 Å². The zero-order valence-corrected chi connectivity index (χ0v) is 29.5. The molecular weight excluding hydrogens is 653 g/mol.